The van der Waals surface area contributed by atoms with Crippen LogP contribution in [-0.4, -0.2) is 27.0 Å². The molecule has 0 saturated carbocycles. The molecule has 1 aliphatic heterocycles. The van der Waals surface area contributed by atoms with Crippen molar-refractivity contribution in [3.8, 4) is 0 Å². The van der Waals surface area contributed by atoms with E-state index < -0.39 is 10.0 Å². The smallest absolute Gasteiger partial charge is 0.238 e. The van der Waals surface area contributed by atoms with Crippen molar-refractivity contribution in [2.75, 3.05) is 6.61 Å². The van der Waals surface area contributed by atoms with Crippen molar-refractivity contribution in [1.82, 2.24) is 5.32 Å². The Bertz CT molecular complexity index is 673. The second-order valence-electron chi connectivity index (χ2n) is 5.93. The van der Waals surface area contributed by atoms with Crippen LogP contribution in [0.1, 0.15) is 37.3 Å². The monoisotopic (exact) mass is 340 g/mol. The number of primary sulfonamides is 1. The van der Waals surface area contributed by atoms with Gasteiger partial charge in [0.1, 0.15) is 0 Å². The summed E-state index contributed by atoms with van der Waals surface area (Å²) >= 11 is 0. The summed E-state index contributed by atoms with van der Waals surface area (Å²) in [6, 6.07) is 4.88. The number of nitrogens with two attached hydrogens (primary N) is 1. The fourth-order valence-corrected chi connectivity index (χ4v) is 3.77. The van der Waals surface area contributed by atoms with Gasteiger partial charge in [-0.3, -0.25) is 4.79 Å². The Hall–Kier alpha value is -1.44. The number of nitrogens with one attached hydrogen (secondary N) is 1. The first kappa shape index (κ1) is 17.9. The number of hydrogen-bond donors (Lipinski definition) is 2. The van der Waals surface area contributed by atoms with Crippen LogP contribution >= 0.6 is 0 Å². The number of ether oxygens (including phenoxy) is 1. The van der Waals surface area contributed by atoms with Gasteiger partial charge >= 0.3 is 0 Å². The van der Waals surface area contributed by atoms with Gasteiger partial charge in [0, 0.05) is 13.2 Å². The largest absolute Gasteiger partial charge is 0.377 e. The standard InChI is InChI=1S/C16H24N2O4S/c1-3-14-13(5-4-8-22-14)16(19)18-10-12-6-7-15(11(2)9-12)23(17,20)21/h6-7,9,13-14H,3-5,8,10H2,1-2H3,(H,18,19)(H2,17,20,21)/t13-,14-/m1/s1. The molecule has 1 aromatic carbocycles. The summed E-state index contributed by atoms with van der Waals surface area (Å²) in [5, 5.41) is 8.07. The third-order valence-corrected chi connectivity index (χ3v) is 5.26. The lowest BCUT2D eigenvalue weighted by Crippen LogP contribution is -2.41. The molecule has 0 radical (unpaired) electrons. The normalized spacial score (nSPS) is 21.9. The van der Waals surface area contributed by atoms with Crippen molar-refractivity contribution in [3.63, 3.8) is 0 Å². The van der Waals surface area contributed by atoms with Gasteiger partial charge < -0.3 is 10.1 Å². The molecule has 1 aliphatic rings. The number of aryl methyl sites for hydroxylation is 1. The number of carbonyl (C=O) groups excluding carboxylic acids is 1. The number of amides is 1. The molecule has 7 heteroatoms. The molecule has 1 saturated heterocycles. The average Bonchev–Trinajstić information content (AvgIpc) is 2.51. The highest BCUT2D eigenvalue weighted by Gasteiger charge is 2.30. The molecule has 0 unspecified atom stereocenters. The molecule has 0 aliphatic carbocycles. The van der Waals surface area contributed by atoms with Gasteiger partial charge in [-0.25, -0.2) is 13.6 Å². The molecule has 2 atom stereocenters. The van der Waals surface area contributed by atoms with Crippen LogP contribution in [0.3, 0.4) is 0 Å². The topological polar surface area (TPSA) is 98.5 Å². The lowest BCUT2D eigenvalue weighted by molar-refractivity contribution is -0.134. The van der Waals surface area contributed by atoms with Crippen LogP contribution in [0.4, 0.5) is 0 Å². The average molecular weight is 340 g/mol. The molecule has 3 N–H and O–H groups in total. The van der Waals surface area contributed by atoms with Crippen LogP contribution in [0.2, 0.25) is 0 Å². The van der Waals surface area contributed by atoms with E-state index in [1.165, 1.54) is 6.07 Å². The lowest BCUT2D eigenvalue weighted by Gasteiger charge is -2.30. The Balaban J connectivity index is 2.00. The van der Waals surface area contributed by atoms with E-state index in [0.29, 0.717) is 12.1 Å². The highest BCUT2D eigenvalue weighted by Crippen LogP contribution is 2.23. The minimum Gasteiger partial charge on any atom is -0.377 e. The van der Waals surface area contributed by atoms with Gasteiger partial charge in [0.05, 0.1) is 16.9 Å². The van der Waals surface area contributed by atoms with Gasteiger partial charge in [0.2, 0.25) is 15.9 Å². The maximum absolute atomic E-state index is 12.3. The molecule has 0 spiro atoms. The molecule has 23 heavy (non-hydrogen) atoms. The summed E-state index contributed by atoms with van der Waals surface area (Å²) in [6.45, 7) is 4.78. The van der Waals surface area contributed by atoms with Crippen LogP contribution in [-0.2, 0) is 26.1 Å². The lowest BCUT2D eigenvalue weighted by atomic mass is 9.92. The van der Waals surface area contributed by atoms with E-state index in [1.54, 1.807) is 19.1 Å². The first-order chi connectivity index (χ1) is 10.8. The predicted molar refractivity (Wildman–Crippen MR) is 87.2 cm³/mol. The molecule has 1 aromatic rings. The van der Waals surface area contributed by atoms with Crippen LogP contribution in [0.15, 0.2) is 23.1 Å². The van der Waals surface area contributed by atoms with E-state index in [1.807, 2.05) is 6.92 Å². The zero-order valence-electron chi connectivity index (χ0n) is 13.5. The molecular weight excluding hydrogens is 316 g/mol. The molecule has 0 bridgehead atoms. The van der Waals surface area contributed by atoms with Crippen molar-refractivity contribution in [2.24, 2.45) is 11.1 Å². The van der Waals surface area contributed by atoms with Crippen molar-refractivity contribution < 1.29 is 17.9 Å². The number of hydrogen-bond acceptors (Lipinski definition) is 4. The van der Waals surface area contributed by atoms with Gasteiger partial charge in [-0.05, 0) is 43.4 Å². The number of carbonyl (C=O) groups is 1. The Labute approximate surface area is 137 Å². The van der Waals surface area contributed by atoms with Crippen LogP contribution in [0.25, 0.3) is 0 Å². The maximum atomic E-state index is 12.3. The minimum absolute atomic E-state index is 0.00951. The minimum atomic E-state index is -3.71. The van der Waals surface area contributed by atoms with Gasteiger partial charge in [-0.2, -0.15) is 0 Å². The molecular formula is C16H24N2O4S. The second-order valence-corrected chi connectivity index (χ2v) is 7.46. The predicted octanol–water partition coefficient (Wildman–Crippen LogP) is 1.46. The Morgan fingerprint density at radius 3 is 2.78 bits per heavy atom. The summed E-state index contributed by atoms with van der Waals surface area (Å²) in [4.78, 5) is 12.5. The van der Waals surface area contributed by atoms with Gasteiger partial charge in [-0.1, -0.05) is 19.1 Å². The van der Waals surface area contributed by atoms with E-state index in [0.717, 1.165) is 31.4 Å². The molecule has 0 aromatic heterocycles. The molecule has 128 valence electrons. The maximum Gasteiger partial charge on any atom is 0.238 e. The Morgan fingerprint density at radius 2 is 2.17 bits per heavy atom. The quantitative estimate of drug-likeness (QED) is 0.848. The first-order valence-electron chi connectivity index (χ1n) is 7.84. The molecule has 1 fully saturated rings. The number of rotatable bonds is 5. The van der Waals surface area contributed by atoms with Crippen molar-refractivity contribution in [1.29, 1.82) is 0 Å². The van der Waals surface area contributed by atoms with E-state index in [9.17, 15) is 13.2 Å². The van der Waals surface area contributed by atoms with Gasteiger partial charge in [0.15, 0.2) is 0 Å². The Kier molecular flexibility index (Phi) is 5.78. The van der Waals surface area contributed by atoms with Crippen molar-refractivity contribution in [3.05, 3.63) is 29.3 Å². The highest BCUT2D eigenvalue weighted by molar-refractivity contribution is 7.89. The first-order valence-corrected chi connectivity index (χ1v) is 9.39. The SMILES string of the molecule is CC[C@H]1OCCC[C@H]1C(=O)NCc1ccc(S(N)(=O)=O)c(C)c1. The third kappa shape index (κ3) is 4.53. The van der Waals surface area contributed by atoms with Crippen LogP contribution < -0.4 is 10.5 Å². The van der Waals surface area contributed by atoms with Crippen LogP contribution in [0, 0.1) is 12.8 Å². The van der Waals surface area contributed by atoms with Gasteiger partial charge in [0.25, 0.3) is 0 Å². The van der Waals surface area contributed by atoms with E-state index in [2.05, 4.69) is 5.32 Å². The summed E-state index contributed by atoms with van der Waals surface area (Å²) in [5.74, 6) is -0.122. The number of sulfonamides is 1. The zero-order valence-corrected chi connectivity index (χ0v) is 14.4. The summed E-state index contributed by atoms with van der Waals surface area (Å²) in [6.07, 6.45) is 2.54. The molecule has 6 nitrogen and oxygen atoms in total. The fourth-order valence-electron chi connectivity index (χ4n) is 3.00. The third-order valence-electron chi connectivity index (χ3n) is 4.19. The van der Waals surface area contributed by atoms with Crippen molar-refractivity contribution >= 4 is 15.9 Å². The fraction of sp³-hybridized carbons (Fsp3) is 0.562. The number of benzene rings is 1. The zero-order chi connectivity index (χ0) is 17.0. The summed E-state index contributed by atoms with van der Waals surface area (Å²) < 4.78 is 28.4. The van der Waals surface area contributed by atoms with E-state index in [-0.39, 0.29) is 22.8 Å². The van der Waals surface area contributed by atoms with Crippen LogP contribution in [0.5, 0.6) is 0 Å². The van der Waals surface area contributed by atoms with Crippen molar-refractivity contribution in [2.45, 2.75) is 50.7 Å². The second kappa shape index (κ2) is 7.42. The molecule has 2 rings (SSSR count). The van der Waals surface area contributed by atoms with E-state index >= 15 is 0 Å². The Morgan fingerprint density at radius 1 is 1.43 bits per heavy atom. The molecule has 1 heterocycles. The van der Waals surface area contributed by atoms with E-state index in [4.69, 9.17) is 9.88 Å². The summed E-state index contributed by atoms with van der Waals surface area (Å²) in [5.41, 5.74) is 1.42. The summed E-state index contributed by atoms with van der Waals surface area (Å²) in [7, 11) is -3.71. The molecule has 1 amide bonds. The highest BCUT2D eigenvalue weighted by atomic mass is 32.2. The van der Waals surface area contributed by atoms with Gasteiger partial charge in [-0.15, -0.1) is 0 Å².